The van der Waals surface area contributed by atoms with E-state index in [1.54, 1.807) is 5.56 Å². The minimum absolute atomic E-state index is 0.838. The molecule has 0 aliphatic heterocycles. The molecular formula is C15H22. The third kappa shape index (κ3) is 2.42. The molecule has 1 aromatic carbocycles. The highest BCUT2D eigenvalue weighted by atomic mass is 14.3. The van der Waals surface area contributed by atoms with Gasteiger partial charge in [0.1, 0.15) is 0 Å². The SMILES string of the molecule is CCC(C)[C@H]1CC[C@H](c2ccccc2)C1. The van der Waals surface area contributed by atoms with Crippen LogP contribution in [0.3, 0.4) is 0 Å². The molecule has 0 N–H and O–H groups in total. The molecule has 0 heterocycles. The predicted octanol–water partition coefficient (Wildman–Crippen LogP) is 4.62. The van der Waals surface area contributed by atoms with Crippen molar-refractivity contribution < 1.29 is 0 Å². The summed E-state index contributed by atoms with van der Waals surface area (Å²) in [6.45, 7) is 4.73. The monoisotopic (exact) mass is 202 g/mol. The minimum atomic E-state index is 0.838. The smallest absolute Gasteiger partial charge is 0.0159 e. The van der Waals surface area contributed by atoms with Crippen LogP contribution in [-0.2, 0) is 0 Å². The quantitative estimate of drug-likeness (QED) is 0.671. The van der Waals surface area contributed by atoms with Crippen LogP contribution < -0.4 is 0 Å². The Balaban J connectivity index is 1.99. The molecule has 82 valence electrons. The second kappa shape index (κ2) is 4.83. The summed E-state index contributed by atoms with van der Waals surface area (Å²) in [6.07, 6.45) is 5.60. The summed E-state index contributed by atoms with van der Waals surface area (Å²) in [5.41, 5.74) is 1.56. The molecule has 1 aliphatic rings. The third-order valence-corrected chi connectivity index (χ3v) is 4.19. The van der Waals surface area contributed by atoms with Gasteiger partial charge in [-0.15, -0.1) is 0 Å². The molecule has 3 atom stereocenters. The van der Waals surface area contributed by atoms with E-state index in [2.05, 4.69) is 44.2 Å². The van der Waals surface area contributed by atoms with E-state index < -0.39 is 0 Å². The molecule has 0 nitrogen and oxygen atoms in total. The lowest BCUT2D eigenvalue weighted by Crippen LogP contribution is -2.06. The van der Waals surface area contributed by atoms with Gasteiger partial charge in [-0.1, -0.05) is 50.6 Å². The predicted molar refractivity (Wildman–Crippen MR) is 66.0 cm³/mol. The first kappa shape index (κ1) is 10.7. The summed E-state index contributed by atoms with van der Waals surface area (Å²) in [4.78, 5) is 0. The molecule has 0 saturated heterocycles. The Bertz CT molecular complexity index is 288. The van der Waals surface area contributed by atoms with Crippen LogP contribution in [0.2, 0.25) is 0 Å². The molecule has 1 saturated carbocycles. The van der Waals surface area contributed by atoms with Crippen molar-refractivity contribution in [2.75, 3.05) is 0 Å². The fourth-order valence-corrected chi connectivity index (χ4v) is 2.89. The number of rotatable bonds is 3. The van der Waals surface area contributed by atoms with Crippen LogP contribution in [0.5, 0.6) is 0 Å². The summed E-state index contributed by atoms with van der Waals surface area (Å²) in [7, 11) is 0. The van der Waals surface area contributed by atoms with Gasteiger partial charge < -0.3 is 0 Å². The second-order valence-electron chi connectivity index (χ2n) is 5.07. The molecule has 0 amide bonds. The lowest BCUT2D eigenvalue weighted by atomic mass is 9.88. The molecule has 0 radical (unpaired) electrons. The molecule has 1 fully saturated rings. The van der Waals surface area contributed by atoms with Crippen molar-refractivity contribution in [2.45, 2.75) is 45.4 Å². The van der Waals surface area contributed by atoms with Crippen molar-refractivity contribution in [1.29, 1.82) is 0 Å². The Morgan fingerprint density at radius 3 is 2.60 bits per heavy atom. The first-order chi connectivity index (χ1) is 7.31. The number of hydrogen-bond acceptors (Lipinski definition) is 0. The molecule has 15 heavy (non-hydrogen) atoms. The van der Waals surface area contributed by atoms with E-state index in [4.69, 9.17) is 0 Å². The van der Waals surface area contributed by atoms with Crippen LogP contribution in [0, 0.1) is 11.8 Å². The van der Waals surface area contributed by atoms with E-state index in [-0.39, 0.29) is 0 Å². The minimum Gasteiger partial charge on any atom is -0.0651 e. The standard InChI is InChI=1S/C15H22/c1-3-12(2)14-9-10-15(11-14)13-7-5-4-6-8-13/h4-8,12,14-15H,3,9-11H2,1-2H3/t12?,14-,15-/m0/s1. The Hall–Kier alpha value is -0.780. The van der Waals surface area contributed by atoms with E-state index in [1.807, 2.05) is 0 Å². The zero-order valence-corrected chi connectivity index (χ0v) is 9.95. The Morgan fingerprint density at radius 2 is 1.93 bits per heavy atom. The van der Waals surface area contributed by atoms with Gasteiger partial charge in [-0.3, -0.25) is 0 Å². The van der Waals surface area contributed by atoms with Gasteiger partial charge in [0.15, 0.2) is 0 Å². The maximum absolute atomic E-state index is 2.41. The van der Waals surface area contributed by atoms with Crippen molar-refractivity contribution in [3.05, 3.63) is 35.9 Å². The van der Waals surface area contributed by atoms with E-state index >= 15 is 0 Å². The summed E-state index contributed by atoms with van der Waals surface area (Å²) in [5.74, 6) is 2.73. The van der Waals surface area contributed by atoms with Gasteiger partial charge in [-0.05, 0) is 42.6 Å². The Morgan fingerprint density at radius 1 is 1.20 bits per heavy atom. The molecule has 0 spiro atoms. The summed E-state index contributed by atoms with van der Waals surface area (Å²) in [6, 6.07) is 11.1. The number of benzene rings is 1. The van der Waals surface area contributed by atoms with Gasteiger partial charge in [0.05, 0.1) is 0 Å². The lowest BCUT2D eigenvalue weighted by molar-refractivity contribution is 0.353. The third-order valence-electron chi connectivity index (χ3n) is 4.19. The Labute approximate surface area is 93.7 Å². The molecule has 2 rings (SSSR count). The topological polar surface area (TPSA) is 0 Å². The van der Waals surface area contributed by atoms with Crippen LogP contribution in [0.1, 0.15) is 51.0 Å². The van der Waals surface area contributed by atoms with E-state index in [0.717, 1.165) is 17.8 Å². The van der Waals surface area contributed by atoms with Crippen LogP contribution in [0.15, 0.2) is 30.3 Å². The van der Waals surface area contributed by atoms with Gasteiger partial charge in [0, 0.05) is 0 Å². The van der Waals surface area contributed by atoms with Gasteiger partial charge in [-0.2, -0.15) is 0 Å². The van der Waals surface area contributed by atoms with Crippen molar-refractivity contribution in [3.8, 4) is 0 Å². The van der Waals surface area contributed by atoms with E-state index in [1.165, 1.54) is 25.7 Å². The summed E-state index contributed by atoms with van der Waals surface area (Å²) < 4.78 is 0. The van der Waals surface area contributed by atoms with Gasteiger partial charge in [0.25, 0.3) is 0 Å². The summed E-state index contributed by atoms with van der Waals surface area (Å²) >= 11 is 0. The summed E-state index contributed by atoms with van der Waals surface area (Å²) in [5, 5.41) is 0. The maximum Gasteiger partial charge on any atom is -0.0159 e. The van der Waals surface area contributed by atoms with Crippen LogP contribution in [0.4, 0.5) is 0 Å². The first-order valence-electron chi connectivity index (χ1n) is 6.36. The molecule has 0 heteroatoms. The van der Waals surface area contributed by atoms with Crippen molar-refractivity contribution in [2.24, 2.45) is 11.8 Å². The highest BCUT2D eigenvalue weighted by Crippen LogP contribution is 2.42. The van der Waals surface area contributed by atoms with Crippen LogP contribution in [-0.4, -0.2) is 0 Å². The van der Waals surface area contributed by atoms with Gasteiger partial charge in [0.2, 0.25) is 0 Å². The van der Waals surface area contributed by atoms with Crippen LogP contribution in [0.25, 0.3) is 0 Å². The highest BCUT2D eigenvalue weighted by molar-refractivity contribution is 5.20. The average molecular weight is 202 g/mol. The lowest BCUT2D eigenvalue weighted by Gasteiger charge is -2.17. The zero-order valence-electron chi connectivity index (χ0n) is 9.95. The highest BCUT2D eigenvalue weighted by Gasteiger charge is 2.28. The van der Waals surface area contributed by atoms with Crippen molar-refractivity contribution >= 4 is 0 Å². The fraction of sp³-hybridized carbons (Fsp3) is 0.600. The molecule has 1 aliphatic carbocycles. The van der Waals surface area contributed by atoms with Crippen molar-refractivity contribution in [1.82, 2.24) is 0 Å². The maximum atomic E-state index is 2.41. The van der Waals surface area contributed by atoms with E-state index in [0.29, 0.717) is 0 Å². The van der Waals surface area contributed by atoms with E-state index in [9.17, 15) is 0 Å². The fourth-order valence-electron chi connectivity index (χ4n) is 2.89. The largest absolute Gasteiger partial charge is 0.0651 e. The first-order valence-corrected chi connectivity index (χ1v) is 6.36. The average Bonchev–Trinajstić information content (AvgIpc) is 2.78. The van der Waals surface area contributed by atoms with Crippen molar-refractivity contribution in [3.63, 3.8) is 0 Å². The molecule has 0 bridgehead atoms. The van der Waals surface area contributed by atoms with Gasteiger partial charge in [-0.25, -0.2) is 0 Å². The second-order valence-corrected chi connectivity index (χ2v) is 5.07. The van der Waals surface area contributed by atoms with Crippen LogP contribution >= 0.6 is 0 Å². The molecule has 1 aromatic rings. The molecule has 0 aromatic heterocycles. The Kier molecular flexibility index (Phi) is 3.45. The molecule has 1 unspecified atom stereocenters. The zero-order chi connectivity index (χ0) is 10.7. The number of hydrogen-bond donors (Lipinski definition) is 0. The normalized spacial score (nSPS) is 27.9. The molecular weight excluding hydrogens is 180 g/mol. The van der Waals surface area contributed by atoms with Gasteiger partial charge >= 0.3 is 0 Å².